The summed E-state index contributed by atoms with van der Waals surface area (Å²) in [5.74, 6) is -2.48. The Labute approximate surface area is 187 Å². The normalized spacial score (nSPS) is 22.1. The minimum absolute atomic E-state index is 0.0301. The van der Waals surface area contributed by atoms with E-state index in [1.807, 2.05) is 0 Å². The first-order valence-corrected chi connectivity index (χ1v) is 10.3. The zero-order chi connectivity index (χ0) is 23.7. The van der Waals surface area contributed by atoms with Gasteiger partial charge in [0.25, 0.3) is 0 Å². The molecule has 4 rings (SSSR count). The van der Waals surface area contributed by atoms with Gasteiger partial charge in [0, 0.05) is 18.7 Å². The van der Waals surface area contributed by atoms with Gasteiger partial charge in [0.05, 0.1) is 29.9 Å². The molecule has 1 fully saturated rings. The Morgan fingerprint density at radius 3 is 2.73 bits per heavy atom. The van der Waals surface area contributed by atoms with Crippen LogP contribution < -0.4 is 11.1 Å². The van der Waals surface area contributed by atoms with Crippen LogP contribution in [-0.4, -0.2) is 38.7 Å². The van der Waals surface area contributed by atoms with Crippen molar-refractivity contribution in [2.75, 3.05) is 11.9 Å². The summed E-state index contributed by atoms with van der Waals surface area (Å²) in [5.41, 5.74) is 5.92. The molecule has 4 atom stereocenters. The van der Waals surface area contributed by atoms with Gasteiger partial charge in [0.1, 0.15) is 35.4 Å². The molecule has 1 aliphatic rings. The molecule has 0 spiro atoms. The molecule has 1 saturated heterocycles. The number of pyridine rings is 1. The Morgan fingerprint density at radius 2 is 1.94 bits per heavy atom. The average molecular weight is 465 g/mol. The van der Waals surface area contributed by atoms with Gasteiger partial charge >= 0.3 is 0 Å². The second kappa shape index (κ2) is 9.46. The molecule has 3 heterocycles. The van der Waals surface area contributed by atoms with Crippen molar-refractivity contribution in [1.29, 1.82) is 0 Å². The molecule has 4 N–H and O–H groups in total. The van der Waals surface area contributed by atoms with E-state index in [1.54, 1.807) is 7.05 Å². The molecule has 0 saturated carbocycles. The van der Waals surface area contributed by atoms with Crippen molar-refractivity contribution < 1.29 is 27.4 Å². The molecule has 1 unspecified atom stereocenters. The van der Waals surface area contributed by atoms with Crippen molar-refractivity contribution in [3.63, 3.8) is 0 Å². The molecular weight excluding hydrogens is 442 g/mol. The van der Waals surface area contributed by atoms with Crippen LogP contribution in [-0.2, 0) is 11.8 Å². The van der Waals surface area contributed by atoms with E-state index in [-0.39, 0.29) is 17.9 Å². The number of alkyl halides is 1. The van der Waals surface area contributed by atoms with Crippen molar-refractivity contribution in [3.05, 3.63) is 65.4 Å². The van der Waals surface area contributed by atoms with Crippen molar-refractivity contribution in [1.82, 2.24) is 14.8 Å². The van der Waals surface area contributed by atoms with Gasteiger partial charge in [-0.2, -0.15) is 5.10 Å². The third-order valence-electron chi connectivity index (χ3n) is 5.60. The molecular formula is C22H23F4N5O2. The Hall–Kier alpha value is -3.02. The number of nitrogens with zero attached hydrogens (tertiary/aromatic N) is 3. The maximum absolute atomic E-state index is 14.3. The number of aromatic nitrogens is 3. The number of nitrogens with one attached hydrogen (secondary N) is 1. The lowest BCUT2D eigenvalue weighted by Gasteiger charge is -2.20. The number of benzene rings is 1. The largest absolute Gasteiger partial charge is 0.369 e. The highest BCUT2D eigenvalue weighted by Gasteiger charge is 2.30. The average Bonchev–Trinajstić information content (AvgIpc) is 3.06. The van der Waals surface area contributed by atoms with E-state index in [2.05, 4.69) is 15.4 Å². The van der Waals surface area contributed by atoms with Crippen molar-refractivity contribution >= 4 is 5.69 Å². The fourth-order valence-electron chi connectivity index (χ4n) is 3.79. The minimum atomic E-state index is -1.44. The summed E-state index contributed by atoms with van der Waals surface area (Å²) in [7, 11) is 1.68. The van der Waals surface area contributed by atoms with Crippen LogP contribution in [0, 0.1) is 17.5 Å². The summed E-state index contributed by atoms with van der Waals surface area (Å²) < 4.78 is 63.2. The fourth-order valence-corrected chi connectivity index (χ4v) is 3.79. The molecule has 0 aliphatic carbocycles. The number of rotatable bonds is 5. The number of hydrogen-bond acceptors (Lipinski definition) is 6. The molecule has 0 radical (unpaired) electrons. The monoisotopic (exact) mass is 465 g/mol. The zero-order valence-corrected chi connectivity index (χ0v) is 17.7. The van der Waals surface area contributed by atoms with Crippen LogP contribution in [0.1, 0.15) is 36.6 Å². The Balaban J connectivity index is 1.60. The Kier molecular flexibility index (Phi) is 6.63. The first-order chi connectivity index (χ1) is 15.7. The number of halogens is 4. The molecule has 0 amide bonds. The molecule has 33 heavy (non-hydrogen) atoms. The zero-order valence-electron chi connectivity index (χ0n) is 17.7. The second-order valence-corrected chi connectivity index (χ2v) is 7.88. The maximum atomic E-state index is 14.3. The molecule has 176 valence electrons. The summed E-state index contributed by atoms with van der Waals surface area (Å²) in [6, 6.07) is 4.21. The van der Waals surface area contributed by atoms with Gasteiger partial charge < -0.3 is 20.9 Å². The van der Waals surface area contributed by atoms with Crippen molar-refractivity contribution in [2.45, 2.75) is 37.4 Å². The third-order valence-corrected chi connectivity index (χ3v) is 5.60. The van der Waals surface area contributed by atoms with Gasteiger partial charge in [-0.1, -0.05) is 0 Å². The fraction of sp³-hybridized carbons (Fsp3) is 0.364. The minimum Gasteiger partial charge on any atom is -0.369 e. The molecule has 1 aliphatic heterocycles. The lowest BCUT2D eigenvalue weighted by molar-refractivity contribution is 0.0246. The highest BCUT2D eigenvalue weighted by Crippen LogP contribution is 2.34. The standard InChI is InChI=1S/C22H23F4N5O2/c1-31-21(19-7-5-16(27)15(26)10-33-19)18(9-28-31)30-22(32)17-6-4-14(25)20(29-17)12-8-11(23)2-3-13(12)24/h2-4,6,8-9,15-16,19,22,30,32H,5,7,10,27H2,1H3/t15-,16-,19+,22?/m1/s1. The Morgan fingerprint density at radius 1 is 1.18 bits per heavy atom. The second-order valence-electron chi connectivity index (χ2n) is 7.88. The van der Waals surface area contributed by atoms with Gasteiger partial charge in [0.15, 0.2) is 6.23 Å². The van der Waals surface area contributed by atoms with Crippen LogP contribution in [0.3, 0.4) is 0 Å². The van der Waals surface area contributed by atoms with Crippen molar-refractivity contribution in [3.8, 4) is 11.3 Å². The van der Waals surface area contributed by atoms with Crippen LogP contribution in [0.4, 0.5) is 23.2 Å². The third kappa shape index (κ3) is 4.85. The van der Waals surface area contributed by atoms with E-state index in [1.165, 1.54) is 16.9 Å². The van der Waals surface area contributed by atoms with E-state index in [0.29, 0.717) is 24.2 Å². The van der Waals surface area contributed by atoms with E-state index < -0.39 is 47.7 Å². The van der Waals surface area contributed by atoms with Gasteiger partial charge in [-0.05, 0) is 43.2 Å². The molecule has 1 aromatic carbocycles. The van der Waals surface area contributed by atoms with Crippen LogP contribution in [0.2, 0.25) is 0 Å². The predicted octanol–water partition coefficient (Wildman–Crippen LogP) is 3.52. The van der Waals surface area contributed by atoms with Gasteiger partial charge in [-0.3, -0.25) is 4.68 Å². The first-order valence-electron chi connectivity index (χ1n) is 10.3. The first kappa shape index (κ1) is 23.1. The van der Waals surface area contributed by atoms with E-state index in [9.17, 15) is 22.7 Å². The molecule has 11 heteroatoms. The smallest absolute Gasteiger partial charge is 0.168 e. The maximum Gasteiger partial charge on any atom is 0.168 e. The number of hydrogen-bond donors (Lipinski definition) is 3. The van der Waals surface area contributed by atoms with Gasteiger partial charge in [0.2, 0.25) is 0 Å². The van der Waals surface area contributed by atoms with Gasteiger partial charge in [-0.15, -0.1) is 0 Å². The number of aliphatic hydroxyl groups is 1. The van der Waals surface area contributed by atoms with E-state index in [0.717, 1.165) is 24.3 Å². The quantitative estimate of drug-likeness (QED) is 0.394. The van der Waals surface area contributed by atoms with Crippen molar-refractivity contribution in [2.24, 2.45) is 12.8 Å². The SMILES string of the molecule is Cn1ncc(NC(O)c2ccc(F)c(-c3cc(F)ccc3F)n2)c1[C@@H]1CC[C@@H](N)[C@H](F)CO1. The number of anilines is 1. The number of aryl methyl sites for hydroxylation is 1. The van der Waals surface area contributed by atoms with Crippen LogP contribution in [0.25, 0.3) is 11.3 Å². The summed E-state index contributed by atoms with van der Waals surface area (Å²) >= 11 is 0. The van der Waals surface area contributed by atoms with Crippen LogP contribution in [0.15, 0.2) is 36.5 Å². The topological polar surface area (TPSA) is 98.2 Å². The summed E-state index contributed by atoms with van der Waals surface area (Å²) in [6.45, 7) is -0.166. The molecule has 2 aromatic heterocycles. The predicted molar refractivity (Wildman–Crippen MR) is 112 cm³/mol. The molecule has 7 nitrogen and oxygen atoms in total. The lowest BCUT2D eigenvalue weighted by atomic mass is 10.0. The van der Waals surface area contributed by atoms with E-state index in [4.69, 9.17) is 10.5 Å². The van der Waals surface area contributed by atoms with Gasteiger partial charge in [-0.25, -0.2) is 22.5 Å². The summed E-state index contributed by atoms with van der Waals surface area (Å²) in [4.78, 5) is 4.01. The number of nitrogens with two attached hydrogens (primary N) is 1. The van der Waals surface area contributed by atoms with Crippen LogP contribution in [0.5, 0.6) is 0 Å². The Bertz CT molecular complexity index is 1130. The highest BCUT2D eigenvalue weighted by atomic mass is 19.1. The summed E-state index contributed by atoms with van der Waals surface area (Å²) in [6.07, 6.45) is -0.931. The van der Waals surface area contributed by atoms with E-state index >= 15 is 0 Å². The summed E-state index contributed by atoms with van der Waals surface area (Å²) in [5, 5.41) is 17.7. The number of ether oxygens (including phenoxy) is 1. The molecule has 3 aromatic rings. The van der Waals surface area contributed by atoms with Crippen LogP contribution >= 0.6 is 0 Å². The highest BCUT2D eigenvalue weighted by molar-refractivity contribution is 5.61. The lowest BCUT2D eigenvalue weighted by Crippen LogP contribution is -2.32. The molecule has 0 bridgehead atoms. The number of aliphatic hydroxyl groups excluding tert-OH is 1.